The van der Waals surface area contributed by atoms with Gasteiger partial charge in [-0.2, -0.15) is 13.2 Å². The van der Waals surface area contributed by atoms with Gasteiger partial charge < -0.3 is 20.7 Å². The Labute approximate surface area is 251 Å². The highest BCUT2D eigenvalue weighted by Crippen LogP contribution is 2.45. The molecule has 1 unspecified atom stereocenters. The first-order chi connectivity index (χ1) is 19.8. The molecule has 1 aromatic rings. The van der Waals surface area contributed by atoms with Crippen LogP contribution >= 0.6 is 0 Å². The molecule has 4 N–H and O–H groups in total. The van der Waals surface area contributed by atoms with Gasteiger partial charge in [0.2, 0.25) is 0 Å². The number of hydrogen-bond donors (Lipinski definition) is 3. The molecule has 5 nitrogen and oxygen atoms in total. The quantitative estimate of drug-likeness (QED) is 0.200. The van der Waals surface area contributed by atoms with E-state index in [0.29, 0.717) is 6.42 Å². The Balaban J connectivity index is 0.000000439. The predicted octanol–water partition coefficient (Wildman–Crippen LogP) is 8.67. The van der Waals surface area contributed by atoms with Gasteiger partial charge >= 0.3 is 6.18 Å². The Hall–Kier alpha value is -3.26. The number of nitrogens with two attached hydrogens (primary N) is 1. The number of likely N-dealkylation sites (tertiary alicyclic amines) is 1. The van der Waals surface area contributed by atoms with Crippen LogP contribution < -0.4 is 5.73 Å². The summed E-state index contributed by atoms with van der Waals surface area (Å²) in [6.07, 6.45) is 14.2. The lowest BCUT2D eigenvalue weighted by atomic mass is 9.73. The summed E-state index contributed by atoms with van der Waals surface area (Å²) in [6, 6.07) is 2.04. The zero-order valence-corrected chi connectivity index (χ0v) is 26.5. The number of nitrogens with one attached hydrogen (secondary N) is 1. The van der Waals surface area contributed by atoms with E-state index in [1.54, 1.807) is 13.8 Å². The Morgan fingerprint density at radius 1 is 1.21 bits per heavy atom. The molecule has 1 saturated heterocycles. The lowest BCUT2D eigenvalue weighted by Gasteiger charge is -2.38. The molecule has 8 heteroatoms. The summed E-state index contributed by atoms with van der Waals surface area (Å²) >= 11 is 0. The summed E-state index contributed by atoms with van der Waals surface area (Å²) in [5.41, 5.74) is 7.05. The van der Waals surface area contributed by atoms with E-state index in [1.165, 1.54) is 31.5 Å². The number of aryl methyl sites for hydroxylation is 1. The highest BCUT2D eigenvalue weighted by molar-refractivity contribution is 5.79. The molecule has 0 aromatic carbocycles. The van der Waals surface area contributed by atoms with Crippen LogP contribution in [-0.4, -0.2) is 46.1 Å². The summed E-state index contributed by atoms with van der Waals surface area (Å²) in [4.78, 5) is 9.76. The van der Waals surface area contributed by atoms with E-state index in [1.807, 2.05) is 75.7 Å². The number of rotatable bonds is 9. The van der Waals surface area contributed by atoms with Gasteiger partial charge in [0.1, 0.15) is 5.82 Å². The van der Waals surface area contributed by atoms with Crippen LogP contribution in [0.3, 0.4) is 0 Å². The fourth-order valence-corrected chi connectivity index (χ4v) is 4.84. The summed E-state index contributed by atoms with van der Waals surface area (Å²) in [7, 11) is 0. The minimum atomic E-state index is -4.65. The first-order valence-corrected chi connectivity index (χ1v) is 14.8. The molecule has 2 aliphatic rings. The molecular weight excluding hydrogens is 537 g/mol. The average molecular weight is 589 g/mol. The summed E-state index contributed by atoms with van der Waals surface area (Å²) in [6.45, 7) is 18.9. The van der Waals surface area contributed by atoms with E-state index >= 15 is 0 Å². The minimum absolute atomic E-state index is 0.373. The second-order valence-electron chi connectivity index (χ2n) is 10.9. The van der Waals surface area contributed by atoms with Gasteiger partial charge in [-0.15, -0.1) is 0 Å². The monoisotopic (exact) mass is 588 g/mol. The van der Waals surface area contributed by atoms with E-state index in [2.05, 4.69) is 28.4 Å². The number of aromatic amines is 1. The van der Waals surface area contributed by atoms with Crippen LogP contribution in [0.25, 0.3) is 0 Å². The lowest BCUT2D eigenvalue weighted by Crippen LogP contribution is -2.47. The van der Waals surface area contributed by atoms with Crippen molar-refractivity contribution < 1.29 is 18.3 Å². The van der Waals surface area contributed by atoms with Gasteiger partial charge in [-0.1, -0.05) is 77.7 Å². The van der Waals surface area contributed by atoms with E-state index in [9.17, 15) is 18.3 Å². The number of hydrogen-bond acceptors (Lipinski definition) is 4. The topological polar surface area (TPSA) is 77.6 Å². The first kappa shape index (κ1) is 36.8. The van der Waals surface area contributed by atoms with Gasteiger partial charge in [0.25, 0.3) is 0 Å². The molecular formula is C34H51F3N4O. The van der Waals surface area contributed by atoms with Crippen molar-refractivity contribution in [1.82, 2.24) is 9.88 Å². The Kier molecular flexibility index (Phi) is 14.9. The van der Waals surface area contributed by atoms with Crippen molar-refractivity contribution in [2.24, 2.45) is 16.1 Å². The second kappa shape index (κ2) is 17.0. The molecule has 1 atom stereocenters. The predicted molar refractivity (Wildman–Crippen MR) is 171 cm³/mol. The smallest absolute Gasteiger partial charge is 0.404 e. The maximum absolute atomic E-state index is 13.3. The van der Waals surface area contributed by atoms with Crippen LogP contribution in [0.4, 0.5) is 13.2 Å². The molecule has 0 spiro atoms. The minimum Gasteiger partial charge on any atom is -0.404 e. The highest BCUT2D eigenvalue weighted by atomic mass is 19.4. The highest BCUT2D eigenvalue weighted by Gasteiger charge is 2.54. The first-order valence-electron chi connectivity index (χ1n) is 14.8. The number of allylic oxidation sites excluding steroid dienone is 9. The molecule has 1 aliphatic carbocycles. The molecule has 0 amide bonds. The average Bonchev–Trinajstić information content (AvgIpc) is 3.57. The van der Waals surface area contributed by atoms with Crippen LogP contribution in [-0.2, 0) is 0 Å². The van der Waals surface area contributed by atoms with E-state index in [0.717, 1.165) is 41.3 Å². The lowest BCUT2D eigenvalue weighted by molar-refractivity contribution is -0.269. The number of nitrogens with zero attached hydrogens (tertiary/aromatic N) is 2. The molecule has 1 fully saturated rings. The third kappa shape index (κ3) is 10.5. The Morgan fingerprint density at radius 3 is 2.36 bits per heavy atom. The molecule has 0 radical (unpaired) electrons. The largest absolute Gasteiger partial charge is 0.417 e. The van der Waals surface area contributed by atoms with E-state index in [4.69, 9.17) is 5.73 Å². The van der Waals surface area contributed by atoms with Gasteiger partial charge in [-0.3, -0.25) is 0 Å². The van der Waals surface area contributed by atoms with Crippen molar-refractivity contribution >= 4 is 6.21 Å². The molecule has 234 valence electrons. The van der Waals surface area contributed by atoms with Crippen molar-refractivity contribution in [1.29, 1.82) is 0 Å². The Morgan fingerprint density at radius 2 is 1.86 bits per heavy atom. The summed E-state index contributed by atoms with van der Waals surface area (Å²) in [5, 5.41) is 10.1. The SMILES string of the molecule is C/C=C\C(=C/N)C1=CC=CC(C(C)(C)CC(O)(CC)C(F)(F)F)=CC1.C=C(/N=C\c1[nH]ccc1C)N1CCCC1.CC. The Bertz CT molecular complexity index is 1180. The normalized spacial score (nSPS) is 17.6. The maximum Gasteiger partial charge on any atom is 0.417 e. The number of aromatic nitrogens is 1. The van der Waals surface area contributed by atoms with Crippen molar-refractivity contribution in [2.45, 2.75) is 92.3 Å². The van der Waals surface area contributed by atoms with Gasteiger partial charge in [-0.25, -0.2) is 4.99 Å². The molecule has 1 aliphatic heterocycles. The van der Waals surface area contributed by atoms with Crippen LogP contribution in [0.5, 0.6) is 0 Å². The van der Waals surface area contributed by atoms with Crippen LogP contribution in [0.2, 0.25) is 0 Å². The number of aliphatic imine (C=N–C) groups is 1. The molecule has 0 saturated carbocycles. The van der Waals surface area contributed by atoms with Gasteiger partial charge in [0.15, 0.2) is 5.60 Å². The zero-order chi connectivity index (χ0) is 32.0. The molecule has 3 rings (SSSR count). The summed E-state index contributed by atoms with van der Waals surface area (Å²) in [5.74, 6) is 0.876. The molecule has 0 bridgehead atoms. The number of alkyl halides is 3. The third-order valence-corrected chi connectivity index (χ3v) is 7.45. The standard InChI is InChI=1S/C20H28F3NO.C12H17N3.C2H6/c1-5-8-16(13-24)15-9-7-10-17(12-11-15)18(3,4)14-19(25,6-2)20(21,22)23;1-10-5-6-13-12(10)9-14-11(2)15-7-3-4-8-15;1-2/h5,7-10,12-13,25H,6,11,14,24H2,1-4H3;5-6,9,13H,2-4,7-8H2,1H3;1-2H3/b8-5-,16-13+;14-9-;. The van der Waals surface area contributed by atoms with Crippen molar-refractivity contribution in [2.75, 3.05) is 13.1 Å². The van der Waals surface area contributed by atoms with Crippen molar-refractivity contribution in [3.8, 4) is 0 Å². The third-order valence-electron chi connectivity index (χ3n) is 7.45. The van der Waals surface area contributed by atoms with E-state index in [-0.39, 0.29) is 12.8 Å². The van der Waals surface area contributed by atoms with Gasteiger partial charge in [-0.05, 0) is 79.7 Å². The second-order valence-corrected chi connectivity index (χ2v) is 10.9. The number of H-pyrrole nitrogens is 1. The van der Waals surface area contributed by atoms with Crippen molar-refractivity contribution in [3.05, 3.63) is 95.3 Å². The van der Waals surface area contributed by atoms with Crippen LogP contribution in [0, 0.1) is 12.3 Å². The molecule has 42 heavy (non-hydrogen) atoms. The fraction of sp³-hybridized carbons (Fsp3) is 0.500. The zero-order valence-electron chi connectivity index (χ0n) is 26.5. The van der Waals surface area contributed by atoms with Gasteiger partial charge in [0, 0.05) is 25.5 Å². The molecule has 1 aromatic heterocycles. The van der Waals surface area contributed by atoms with Crippen LogP contribution in [0.1, 0.15) is 84.9 Å². The van der Waals surface area contributed by atoms with Crippen molar-refractivity contribution in [3.63, 3.8) is 0 Å². The summed E-state index contributed by atoms with van der Waals surface area (Å²) < 4.78 is 39.8. The number of aliphatic hydroxyl groups is 1. The van der Waals surface area contributed by atoms with Crippen LogP contribution in [0.15, 0.2) is 89.0 Å². The fourth-order valence-electron chi connectivity index (χ4n) is 4.84. The maximum atomic E-state index is 13.3. The van der Waals surface area contributed by atoms with E-state index < -0.39 is 17.2 Å². The number of halogens is 3. The molecule has 2 heterocycles. The van der Waals surface area contributed by atoms with Gasteiger partial charge in [0.05, 0.1) is 11.9 Å².